The summed E-state index contributed by atoms with van der Waals surface area (Å²) < 4.78 is 63.0. The normalized spacial score (nSPS) is 14.8. The molecule has 0 saturated carbocycles. The fraction of sp³-hybridized carbons (Fsp3) is 0.217. The first-order chi connectivity index (χ1) is 16.3. The molecule has 0 aromatic heterocycles. The van der Waals surface area contributed by atoms with Gasteiger partial charge in [-0.25, -0.2) is 0 Å². The topological polar surface area (TPSA) is 71.1 Å². The van der Waals surface area contributed by atoms with Crippen LogP contribution >= 0.6 is 0 Å². The van der Waals surface area contributed by atoms with Crippen LogP contribution in [0.25, 0.3) is 12.2 Å². The summed E-state index contributed by atoms with van der Waals surface area (Å²) in [6, 6.07) is 8.90. The summed E-state index contributed by atoms with van der Waals surface area (Å²) in [5, 5.41) is 0. The number of rotatable bonds is 10. The fourth-order valence-corrected chi connectivity index (χ4v) is 2.41. The zero-order valence-electron chi connectivity index (χ0n) is 21.9. The Morgan fingerprint density at radius 1 is 0.759 bits per heavy atom. The van der Waals surface area contributed by atoms with Gasteiger partial charge >= 0.3 is 0 Å². The lowest BCUT2D eigenvalue weighted by atomic mass is 10.1. The van der Waals surface area contributed by atoms with E-state index in [1.165, 1.54) is 62.8 Å². The van der Waals surface area contributed by atoms with Gasteiger partial charge in [0.15, 0.2) is 34.6 Å². The van der Waals surface area contributed by atoms with Crippen LogP contribution in [0.4, 0.5) is 0 Å². The Morgan fingerprint density at radius 2 is 1.21 bits per heavy atom. The molecule has 0 saturated heterocycles. The molecule has 0 N–H and O–H groups in total. The average molecular weight is 402 g/mol. The monoisotopic (exact) mass is 402 g/mol. The van der Waals surface area contributed by atoms with Gasteiger partial charge in [0.25, 0.3) is 0 Å². The van der Waals surface area contributed by atoms with Gasteiger partial charge < -0.3 is 18.9 Å². The van der Waals surface area contributed by atoms with Crippen molar-refractivity contribution in [2.75, 3.05) is 28.3 Å². The van der Waals surface area contributed by atoms with Crippen LogP contribution in [-0.2, 0) is 9.59 Å². The first-order valence-electron chi connectivity index (χ1n) is 11.5. The molecule has 0 fully saturated rings. The third-order valence-electron chi connectivity index (χ3n) is 3.87. The van der Waals surface area contributed by atoms with Crippen LogP contribution in [0.1, 0.15) is 25.8 Å². The van der Waals surface area contributed by atoms with Crippen molar-refractivity contribution >= 4 is 23.7 Å². The molecule has 0 aliphatic carbocycles. The molecule has 0 radical (unpaired) electrons. The second-order valence-corrected chi connectivity index (χ2v) is 5.80. The van der Waals surface area contributed by atoms with Gasteiger partial charge in [-0.2, -0.15) is 0 Å². The van der Waals surface area contributed by atoms with Crippen molar-refractivity contribution < 1.29 is 36.8 Å². The lowest BCUT2D eigenvalue weighted by Crippen LogP contribution is -2.02. The van der Waals surface area contributed by atoms with E-state index in [2.05, 4.69) is 0 Å². The molecule has 2 aromatic carbocycles. The molecule has 0 unspecified atom stereocenters. The molecule has 0 heterocycles. The van der Waals surface area contributed by atoms with Crippen molar-refractivity contribution in [3.63, 3.8) is 0 Å². The highest BCUT2D eigenvalue weighted by molar-refractivity contribution is 6.10. The van der Waals surface area contributed by atoms with Crippen LogP contribution in [0.15, 0.2) is 48.6 Å². The number of benzene rings is 2. The molecule has 2 rings (SSSR count). The molecule has 6 heteroatoms. The predicted octanol–water partition coefficient (Wildman–Crippen LogP) is 3.98. The number of methoxy groups -OCH3 is 4. The molecule has 152 valence electrons. The predicted molar refractivity (Wildman–Crippen MR) is 112 cm³/mol. The maximum atomic E-state index is 12.2. The highest BCUT2D eigenvalue weighted by Crippen LogP contribution is 2.28. The second-order valence-electron chi connectivity index (χ2n) is 5.80. The van der Waals surface area contributed by atoms with E-state index in [0.29, 0.717) is 11.1 Å². The summed E-state index contributed by atoms with van der Waals surface area (Å²) in [6.07, 6.45) is 5.02. The lowest BCUT2D eigenvalue weighted by Gasteiger charge is -2.07. The summed E-state index contributed by atoms with van der Waals surface area (Å²) in [5.41, 5.74) is 1.09. The van der Waals surface area contributed by atoms with Crippen LogP contribution in [0.5, 0.6) is 23.0 Å². The first-order valence-corrected chi connectivity index (χ1v) is 8.45. The fourth-order valence-electron chi connectivity index (χ4n) is 2.41. The lowest BCUT2D eigenvalue weighted by molar-refractivity contribution is -0.121. The molecule has 0 aliphatic rings. The summed E-state index contributed by atoms with van der Waals surface area (Å²) >= 11 is 0. The van der Waals surface area contributed by atoms with Gasteiger partial charge in [0.2, 0.25) is 0 Å². The van der Waals surface area contributed by atoms with Crippen molar-refractivity contribution in [3.05, 3.63) is 59.7 Å². The molecule has 6 nitrogen and oxygen atoms in total. The maximum Gasteiger partial charge on any atom is 0.163 e. The van der Waals surface area contributed by atoms with Crippen LogP contribution in [0.3, 0.4) is 0 Å². The zero-order chi connectivity index (χ0) is 26.2. The number of allylic oxidation sites excluding steroid dienone is 2. The van der Waals surface area contributed by atoms with Gasteiger partial charge in [-0.05, 0) is 47.5 Å². The van der Waals surface area contributed by atoms with Crippen molar-refractivity contribution in [1.82, 2.24) is 0 Å². The number of hydrogen-bond acceptors (Lipinski definition) is 6. The molecule has 0 aliphatic heterocycles. The zero-order valence-corrected chi connectivity index (χ0v) is 15.9. The Morgan fingerprint density at radius 3 is 1.59 bits per heavy atom. The van der Waals surface area contributed by atoms with E-state index in [9.17, 15) is 9.59 Å². The highest BCUT2D eigenvalue weighted by atomic mass is 16.5. The van der Waals surface area contributed by atoms with E-state index in [1.54, 1.807) is 12.1 Å². The third kappa shape index (κ3) is 6.24. The Bertz CT molecular complexity index is 1030. The van der Waals surface area contributed by atoms with Gasteiger partial charge in [-0.1, -0.05) is 24.3 Å². The summed E-state index contributed by atoms with van der Waals surface area (Å²) in [5.74, 6) is -0.460. The van der Waals surface area contributed by atoms with Crippen molar-refractivity contribution in [1.29, 1.82) is 0 Å². The molecule has 0 atom stereocenters. The van der Waals surface area contributed by atoms with E-state index in [1.807, 2.05) is 0 Å². The Balaban J connectivity index is 2.01. The molecule has 0 amide bonds. The van der Waals surface area contributed by atoms with Gasteiger partial charge in [0, 0.05) is 0 Å². The van der Waals surface area contributed by atoms with Crippen LogP contribution in [0.2, 0.25) is 0 Å². The van der Waals surface area contributed by atoms with E-state index >= 15 is 0 Å². The number of carbonyl (C=O) groups excluding carboxylic acids is 2. The summed E-state index contributed by atoms with van der Waals surface area (Å²) in [4.78, 5) is 24.3. The van der Waals surface area contributed by atoms with Crippen molar-refractivity contribution in [2.45, 2.75) is 6.42 Å². The SMILES string of the molecule is [2H]C([2H])([2H])Oc1ccc(C=CC(=O)CC(=O)C=Cc2ccc(OC([2H])([2H])[2H])c(OC)c2)cc1OC. The van der Waals surface area contributed by atoms with Gasteiger partial charge in [-0.15, -0.1) is 0 Å². The molecular weight excluding hydrogens is 372 g/mol. The third-order valence-corrected chi connectivity index (χ3v) is 3.87. The largest absolute Gasteiger partial charge is 0.493 e. The smallest absolute Gasteiger partial charge is 0.163 e. The van der Waals surface area contributed by atoms with E-state index in [-0.39, 0.29) is 29.4 Å². The minimum absolute atomic E-state index is 0.0333. The van der Waals surface area contributed by atoms with Gasteiger partial charge in [-0.3, -0.25) is 9.59 Å². The van der Waals surface area contributed by atoms with Gasteiger partial charge in [0.05, 0.1) is 42.9 Å². The standard InChI is InChI=1S/C23H24O6/c1-26-20-11-7-16(13-22(20)28-3)5-9-18(24)15-19(25)10-6-17-8-12-21(27-2)23(14-17)29-4/h5-14H,15H2,1-4H3/i1D3,2D3. The Labute approximate surface area is 178 Å². The quantitative estimate of drug-likeness (QED) is 0.442. The Kier molecular flexibility index (Phi) is 5.34. The van der Waals surface area contributed by atoms with Gasteiger partial charge in [0.1, 0.15) is 0 Å². The average Bonchev–Trinajstić information content (AvgIpc) is 2.75. The Hall–Kier alpha value is -3.54. The number of hydrogen-bond donors (Lipinski definition) is 0. The van der Waals surface area contributed by atoms with Crippen molar-refractivity contribution in [3.8, 4) is 23.0 Å². The first kappa shape index (κ1) is 14.5. The molecule has 0 bridgehead atoms. The minimum Gasteiger partial charge on any atom is -0.493 e. The number of ether oxygens (including phenoxy) is 4. The van der Waals surface area contributed by atoms with E-state index in [0.717, 1.165) is 0 Å². The van der Waals surface area contributed by atoms with Crippen LogP contribution < -0.4 is 18.9 Å². The van der Waals surface area contributed by atoms with E-state index in [4.69, 9.17) is 27.2 Å². The number of ketones is 2. The summed E-state index contributed by atoms with van der Waals surface area (Å²) in [7, 11) is -2.55. The molecular formula is C23H24O6. The second kappa shape index (κ2) is 10.7. The molecule has 29 heavy (non-hydrogen) atoms. The molecule has 0 spiro atoms. The minimum atomic E-state index is -2.63. The van der Waals surface area contributed by atoms with Crippen LogP contribution in [-0.4, -0.2) is 39.9 Å². The maximum absolute atomic E-state index is 12.2. The van der Waals surface area contributed by atoms with Crippen LogP contribution in [0, 0.1) is 0 Å². The number of carbonyl (C=O) groups is 2. The highest BCUT2D eigenvalue weighted by Gasteiger charge is 2.07. The summed E-state index contributed by atoms with van der Waals surface area (Å²) in [6.45, 7) is 0. The molecule has 2 aromatic rings. The van der Waals surface area contributed by atoms with Crippen molar-refractivity contribution in [2.24, 2.45) is 0 Å². The van der Waals surface area contributed by atoms with E-state index < -0.39 is 25.6 Å².